The van der Waals surface area contributed by atoms with E-state index in [1.807, 2.05) is 13.8 Å². The summed E-state index contributed by atoms with van der Waals surface area (Å²) in [5.41, 5.74) is 4.63. The maximum absolute atomic E-state index is 11.0. The first-order valence-corrected chi connectivity index (χ1v) is 6.79. The average Bonchev–Trinajstić information content (AvgIpc) is 2.11. The van der Waals surface area contributed by atoms with Crippen molar-refractivity contribution in [2.75, 3.05) is 0 Å². The highest BCUT2D eigenvalue weighted by atomic mass is 16.4. The second-order valence-electron chi connectivity index (χ2n) is 7.19. The van der Waals surface area contributed by atoms with Crippen molar-refractivity contribution in [2.45, 2.75) is 65.7 Å². The van der Waals surface area contributed by atoms with Gasteiger partial charge < -0.3 is 5.11 Å². The number of rotatable bonds is 3. The molecule has 1 rings (SSSR count). The van der Waals surface area contributed by atoms with Crippen molar-refractivity contribution in [1.29, 1.82) is 0 Å². The summed E-state index contributed by atoms with van der Waals surface area (Å²) in [7, 11) is 0. The van der Waals surface area contributed by atoms with Crippen molar-refractivity contribution in [1.82, 2.24) is 0 Å². The van der Waals surface area contributed by atoms with Gasteiger partial charge in [-0.25, -0.2) is 0 Å². The minimum Gasteiger partial charge on any atom is -0.481 e. The molecule has 0 spiro atoms. The molecule has 0 radical (unpaired) electrons. The molecule has 0 aliphatic heterocycles. The number of hydrogen-bond acceptors (Lipinski definition) is 1. The van der Waals surface area contributed by atoms with Crippen LogP contribution in [-0.4, -0.2) is 11.1 Å². The van der Waals surface area contributed by atoms with Crippen LogP contribution in [0.4, 0.5) is 0 Å². The number of carboxylic acids is 1. The van der Waals surface area contributed by atoms with Crippen LogP contribution >= 0.6 is 0 Å². The van der Waals surface area contributed by atoms with Crippen LogP contribution in [0.2, 0.25) is 0 Å². The van der Waals surface area contributed by atoms with Gasteiger partial charge in [-0.1, -0.05) is 46.8 Å². The highest BCUT2D eigenvalue weighted by Crippen LogP contribution is 2.35. The van der Waals surface area contributed by atoms with Crippen LogP contribution in [0.25, 0.3) is 0 Å². The molecule has 19 heavy (non-hydrogen) atoms. The number of benzene rings is 1. The molecule has 1 aromatic rings. The molecule has 0 saturated carbocycles. The predicted molar refractivity (Wildman–Crippen MR) is 79.9 cm³/mol. The van der Waals surface area contributed by atoms with Crippen molar-refractivity contribution in [3.63, 3.8) is 0 Å². The maximum atomic E-state index is 11.0. The molecule has 0 aromatic heterocycles. The molecule has 1 N–H and O–H groups in total. The summed E-state index contributed by atoms with van der Waals surface area (Å²) < 4.78 is 0. The lowest BCUT2D eigenvalue weighted by Gasteiger charge is -2.30. The molecule has 0 fully saturated rings. The Morgan fingerprint density at radius 2 is 1.47 bits per heavy atom. The van der Waals surface area contributed by atoms with Crippen LogP contribution in [0.1, 0.15) is 63.3 Å². The molecule has 0 bridgehead atoms. The fraction of sp³-hybridized carbons (Fsp3) is 0.588. The zero-order chi connectivity index (χ0) is 15.0. The molecular weight excluding hydrogens is 236 g/mol. The zero-order valence-corrected chi connectivity index (χ0v) is 13.2. The lowest BCUT2D eigenvalue weighted by Crippen LogP contribution is -2.25. The van der Waals surface area contributed by atoms with E-state index in [1.54, 1.807) is 0 Å². The highest BCUT2D eigenvalue weighted by molar-refractivity contribution is 5.69. The van der Waals surface area contributed by atoms with E-state index in [0.29, 0.717) is 0 Å². The fourth-order valence-corrected chi connectivity index (χ4v) is 2.93. The van der Waals surface area contributed by atoms with E-state index in [1.165, 1.54) is 22.3 Å². The molecule has 0 aliphatic carbocycles. The Kier molecular flexibility index (Phi) is 4.14. The summed E-state index contributed by atoms with van der Waals surface area (Å²) >= 11 is 0. The summed E-state index contributed by atoms with van der Waals surface area (Å²) in [6, 6.07) is 4.40. The Bertz CT molecular complexity index is 467. The van der Waals surface area contributed by atoms with E-state index in [-0.39, 0.29) is 17.3 Å². The highest BCUT2D eigenvalue weighted by Gasteiger charge is 2.28. The minimum atomic E-state index is -0.747. The molecule has 0 aliphatic rings. The summed E-state index contributed by atoms with van der Waals surface area (Å²) in [6.07, 6.45) is 0.156. The molecule has 2 heteroatoms. The third-order valence-electron chi connectivity index (χ3n) is 3.67. The summed E-state index contributed by atoms with van der Waals surface area (Å²) in [5, 5.41) is 9.08. The van der Waals surface area contributed by atoms with Gasteiger partial charge in [-0.2, -0.15) is 0 Å². The Labute approximate surface area is 116 Å². The lowest BCUT2D eigenvalue weighted by atomic mass is 9.74. The smallest absolute Gasteiger partial charge is 0.304 e. The van der Waals surface area contributed by atoms with Gasteiger partial charge in [-0.05, 0) is 41.5 Å². The molecule has 0 unspecified atom stereocenters. The Hall–Kier alpha value is -1.31. The third-order valence-corrected chi connectivity index (χ3v) is 3.67. The third kappa shape index (κ3) is 3.59. The zero-order valence-electron chi connectivity index (χ0n) is 13.2. The van der Waals surface area contributed by atoms with E-state index in [2.05, 4.69) is 46.8 Å². The largest absolute Gasteiger partial charge is 0.481 e. The van der Waals surface area contributed by atoms with Crippen LogP contribution in [0.5, 0.6) is 0 Å². The molecule has 0 heterocycles. The molecule has 0 saturated heterocycles. The average molecular weight is 262 g/mol. The maximum Gasteiger partial charge on any atom is 0.304 e. The van der Waals surface area contributed by atoms with Crippen LogP contribution in [0, 0.1) is 13.8 Å². The molecule has 1 aromatic carbocycles. The second kappa shape index (κ2) is 4.99. The van der Waals surface area contributed by atoms with Crippen molar-refractivity contribution >= 4 is 5.97 Å². The Balaban J connectivity index is 3.36. The van der Waals surface area contributed by atoms with Gasteiger partial charge in [-0.15, -0.1) is 0 Å². The number of aliphatic carboxylic acids is 1. The quantitative estimate of drug-likeness (QED) is 0.879. The first-order valence-electron chi connectivity index (χ1n) is 6.79. The number of aryl methyl sites for hydroxylation is 2. The van der Waals surface area contributed by atoms with Crippen molar-refractivity contribution < 1.29 is 9.90 Å². The van der Waals surface area contributed by atoms with E-state index >= 15 is 0 Å². The number of hydrogen-bond donors (Lipinski definition) is 1. The lowest BCUT2D eigenvalue weighted by molar-refractivity contribution is -0.138. The minimum absolute atomic E-state index is 0.116. The van der Waals surface area contributed by atoms with Gasteiger partial charge in [0.1, 0.15) is 0 Å². The molecule has 0 amide bonds. The normalized spacial score (nSPS) is 12.6. The van der Waals surface area contributed by atoms with Crippen molar-refractivity contribution in [3.8, 4) is 0 Å². The predicted octanol–water partition coefficient (Wildman–Crippen LogP) is 4.35. The SMILES string of the molecule is Cc1cc(C(C)(C)C)cc(C)c1C(C)(C)CC(=O)O. The van der Waals surface area contributed by atoms with E-state index in [9.17, 15) is 4.79 Å². The van der Waals surface area contributed by atoms with Gasteiger partial charge in [0.2, 0.25) is 0 Å². The Morgan fingerprint density at radius 1 is 1.05 bits per heavy atom. The summed E-state index contributed by atoms with van der Waals surface area (Å²) in [5.74, 6) is -0.747. The first-order chi connectivity index (χ1) is 8.45. The van der Waals surface area contributed by atoms with Gasteiger partial charge in [0.15, 0.2) is 0 Å². The van der Waals surface area contributed by atoms with Crippen molar-refractivity contribution in [2.24, 2.45) is 0 Å². The number of carboxylic acid groups (broad SMARTS) is 1. The first kappa shape index (κ1) is 15.7. The van der Waals surface area contributed by atoms with Crippen molar-refractivity contribution in [3.05, 3.63) is 34.4 Å². The van der Waals surface area contributed by atoms with Gasteiger partial charge in [0.25, 0.3) is 0 Å². The molecule has 0 atom stereocenters. The molecule has 106 valence electrons. The fourth-order valence-electron chi connectivity index (χ4n) is 2.93. The van der Waals surface area contributed by atoms with Gasteiger partial charge in [0.05, 0.1) is 6.42 Å². The van der Waals surface area contributed by atoms with Gasteiger partial charge >= 0.3 is 5.97 Å². The van der Waals surface area contributed by atoms with E-state index in [0.717, 1.165) is 0 Å². The molecular formula is C17H26O2. The van der Waals surface area contributed by atoms with Gasteiger partial charge in [0, 0.05) is 5.41 Å². The van der Waals surface area contributed by atoms with Crippen LogP contribution < -0.4 is 0 Å². The topological polar surface area (TPSA) is 37.3 Å². The summed E-state index contributed by atoms with van der Waals surface area (Å²) in [6.45, 7) is 14.8. The Morgan fingerprint density at radius 3 is 1.79 bits per heavy atom. The van der Waals surface area contributed by atoms with Crippen LogP contribution in [-0.2, 0) is 15.6 Å². The van der Waals surface area contributed by atoms with Crippen LogP contribution in [0.3, 0.4) is 0 Å². The number of carbonyl (C=O) groups is 1. The standard InChI is InChI=1S/C17H26O2/c1-11-8-13(16(3,4)5)9-12(2)15(11)17(6,7)10-14(18)19/h8-9H,10H2,1-7H3,(H,18,19). The molecule has 2 nitrogen and oxygen atoms in total. The van der Waals surface area contributed by atoms with Crippen LogP contribution in [0.15, 0.2) is 12.1 Å². The van der Waals surface area contributed by atoms with E-state index < -0.39 is 5.97 Å². The van der Waals surface area contributed by atoms with Gasteiger partial charge in [-0.3, -0.25) is 4.79 Å². The van der Waals surface area contributed by atoms with E-state index in [4.69, 9.17) is 5.11 Å². The monoisotopic (exact) mass is 262 g/mol. The second-order valence-corrected chi connectivity index (χ2v) is 7.19. The summed E-state index contributed by atoms with van der Waals surface area (Å²) in [4.78, 5) is 11.0.